The van der Waals surface area contributed by atoms with E-state index in [1.54, 1.807) is 5.56 Å². The summed E-state index contributed by atoms with van der Waals surface area (Å²) in [5.41, 5.74) is 13.4. The Morgan fingerprint density at radius 3 is 2.09 bits per heavy atom. The lowest BCUT2D eigenvalue weighted by atomic mass is 9.78. The van der Waals surface area contributed by atoms with Crippen molar-refractivity contribution in [1.82, 2.24) is 0 Å². The maximum atomic E-state index is 2.48. The first-order chi connectivity index (χ1) is 21.6. The van der Waals surface area contributed by atoms with E-state index < -0.39 is 0 Å². The molecule has 1 fully saturated rings. The molecule has 1 nitrogen and oxygen atoms in total. The molecule has 0 heterocycles. The first-order valence-electron chi connectivity index (χ1n) is 16.3. The van der Waals surface area contributed by atoms with Crippen LogP contribution in [0.2, 0.25) is 0 Å². The van der Waals surface area contributed by atoms with E-state index in [9.17, 15) is 0 Å². The van der Waals surface area contributed by atoms with Gasteiger partial charge in [-0.15, -0.1) is 0 Å². The van der Waals surface area contributed by atoms with E-state index in [4.69, 9.17) is 0 Å². The van der Waals surface area contributed by atoms with Crippen molar-refractivity contribution in [2.24, 2.45) is 0 Å². The Bertz CT molecular complexity index is 1960. The predicted octanol–water partition coefficient (Wildman–Crippen LogP) is 12.3. The second-order valence-electron chi connectivity index (χ2n) is 13.2. The topological polar surface area (TPSA) is 3.24 Å². The number of anilines is 3. The number of nitrogens with zero attached hydrogens (tertiary/aromatic N) is 1. The molecular formula is C43H39N. The fourth-order valence-corrected chi connectivity index (χ4v) is 8.06. The van der Waals surface area contributed by atoms with Crippen molar-refractivity contribution in [3.8, 4) is 22.3 Å². The molecule has 1 heteroatoms. The summed E-state index contributed by atoms with van der Waals surface area (Å²) < 4.78 is 0. The summed E-state index contributed by atoms with van der Waals surface area (Å²) in [5.74, 6) is 0.673. The molecule has 44 heavy (non-hydrogen) atoms. The molecule has 1 saturated carbocycles. The summed E-state index contributed by atoms with van der Waals surface area (Å²) in [5, 5.41) is 2.52. The SMILES string of the molecule is CC1(C)c2cc(N(c3ccccc3)c3ccc4ccccc4c3-c3ccccc3)ccc2-c2c(C3CCCCC3)cccc21. The number of fused-ring (bicyclic) bond motifs is 4. The lowest BCUT2D eigenvalue weighted by Gasteiger charge is -2.30. The molecular weight excluding hydrogens is 530 g/mol. The average molecular weight is 570 g/mol. The van der Waals surface area contributed by atoms with E-state index in [0.29, 0.717) is 5.92 Å². The molecule has 0 radical (unpaired) electrons. The van der Waals surface area contributed by atoms with Gasteiger partial charge < -0.3 is 4.90 Å². The third kappa shape index (κ3) is 4.37. The molecule has 0 bridgehead atoms. The number of rotatable bonds is 5. The van der Waals surface area contributed by atoms with E-state index >= 15 is 0 Å². The van der Waals surface area contributed by atoms with Crippen molar-refractivity contribution >= 4 is 27.8 Å². The highest BCUT2D eigenvalue weighted by atomic mass is 15.1. The largest absolute Gasteiger partial charge is 0.310 e. The van der Waals surface area contributed by atoms with Crippen LogP contribution in [0, 0.1) is 0 Å². The van der Waals surface area contributed by atoms with Gasteiger partial charge in [0.25, 0.3) is 0 Å². The van der Waals surface area contributed by atoms with Crippen molar-refractivity contribution in [2.45, 2.75) is 57.3 Å². The molecule has 0 aliphatic heterocycles. The average Bonchev–Trinajstić information content (AvgIpc) is 3.32. The van der Waals surface area contributed by atoms with Gasteiger partial charge in [-0.25, -0.2) is 0 Å². The highest BCUT2D eigenvalue weighted by molar-refractivity contribution is 6.05. The fraction of sp³-hybridized carbons (Fsp3) is 0.209. The molecule has 0 atom stereocenters. The lowest BCUT2D eigenvalue weighted by Crippen LogP contribution is -2.17. The Hall–Kier alpha value is -4.62. The van der Waals surface area contributed by atoms with Crippen molar-refractivity contribution in [3.63, 3.8) is 0 Å². The van der Waals surface area contributed by atoms with Gasteiger partial charge in [0.05, 0.1) is 5.69 Å². The Morgan fingerprint density at radius 2 is 1.30 bits per heavy atom. The van der Waals surface area contributed by atoms with Crippen LogP contribution in [0.25, 0.3) is 33.0 Å². The van der Waals surface area contributed by atoms with Gasteiger partial charge in [-0.1, -0.05) is 136 Å². The van der Waals surface area contributed by atoms with Gasteiger partial charge in [0.1, 0.15) is 0 Å². The Kier molecular flexibility index (Phi) is 6.64. The minimum Gasteiger partial charge on any atom is -0.310 e. The second-order valence-corrected chi connectivity index (χ2v) is 13.2. The van der Waals surface area contributed by atoms with E-state index in [1.807, 2.05) is 0 Å². The van der Waals surface area contributed by atoms with Crippen LogP contribution in [0.15, 0.2) is 133 Å². The van der Waals surface area contributed by atoms with Gasteiger partial charge in [0.15, 0.2) is 0 Å². The molecule has 0 saturated heterocycles. The van der Waals surface area contributed by atoms with Crippen LogP contribution in [0.1, 0.15) is 68.6 Å². The van der Waals surface area contributed by atoms with Gasteiger partial charge in [0, 0.05) is 22.4 Å². The zero-order valence-corrected chi connectivity index (χ0v) is 25.8. The maximum Gasteiger partial charge on any atom is 0.0546 e. The maximum absolute atomic E-state index is 2.48. The van der Waals surface area contributed by atoms with E-state index in [0.717, 1.165) is 5.69 Å². The van der Waals surface area contributed by atoms with Crippen LogP contribution >= 0.6 is 0 Å². The molecule has 6 aromatic carbocycles. The number of hydrogen-bond donors (Lipinski definition) is 0. The normalized spacial score (nSPS) is 15.6. The van der Waals surface area contributed by atoms with Crippen molar-refractivity contribution in [3.05, 3.63) is 150 Å². The van der Waals surface area contributed by atoms with Crippen LogP contribution in [-0.4, -0.2) is 0 Å². The van der Waals surface area contributed by atoms with Gasteiger partial charge in [0.2, 0.25) is 0 Å². The first-order valence-corrected chi connectivity index (χ1v) is 16.3. The second kappa shape index (κ2) is 10.8. The van der Waals surface area contributed by atoms with Crippen molar-refractivity contribution in [1.29, 1.82) is 0 Å². The number of para-hydroxylation sites is 1. The zero-order chi connectivity index (χ0) is 29.7. The van der Waals surface area contributed by atoms with Crippen LogP contribution in [0.4, 0.5) is 17.1 Å². The number of hydrogen-bond acceptors (Lipinski definition) is 1. The molecule has 0 N–H and O–H groups in total. The Morgan fingerprint density at radius 1 is 0.568 bits per heavy atom. The Labute approximate surface area is 261 Å². The van der Waals surface area contributed by atoms with Gasteiger partial charge >= 0.3 is 0 Å². The standard InChI is InChI=1S/C43H39N/c1-43(2)38-24-14-23-36(30-15-6-3-7-16-30)42(38)37-27-26-34(29-39(37)43)44(33-20-10-5-11-21-33)40-28-25-31-17-12-13-22-35(31)41(40)32-18-8-4-9-19-32/h4-5,8-14,17-30H,3,6-7,15-16H2,1-2H3. The molecule has 2 aliphatic rings. The zero-order valence-electron chi connectivity index (χ0n) is 25.8. The van der Waals surface area contributed by atoms with Gasteiger partial charge in [-0.2, -0.15) is 0 Å². The van der Waals surface area contributed by atoms with Crippen LogP contribution in [0.5, 0.6) is 0 Å². The summed E-state index contributed by atoms with van der Waals surface area (Å²) in [6.07, 6.45) is 6.72. The van der Waals surface area contributed by atoms with Crippen molar-refractivity contribution in [2.75, 3.05) is 4.90 Å². The molecule has 0 aromatic heterocycles. The predicted molar refractivity (Wildman–Crippen MR) is 187 cm³/mol. The molecule has 0 unspecified atom stereocenters. The highest BCUT2D eigenvalue weighted by Gasteiger charge is 2.38. The van der Waals surface area contributed by atoms with Crippen LogP contribution < -0.4 is 4.90 Å². The summed E-state index contributed by atoms with van der Waals surface area (Å²) in [6, 6.07) is 49.5. The molecule has 0 spiro atoms. The highest BCUT2D eigenvalue weighted by Crippen LogP contribution is 2.54. The van der Waals surface area contributed by atoms with Gasteiger partial charge in [-0.05, 0) is 93.2 Å². The Balaban J connectivity index is 1.35. The molecule has 216 valence electrons. The monoisotopic (exact) mass is 569 g/mol. The third-order valence-electron chi connectivity index (χ3n) is 10.2. The molecule has 8 rings (SSSR count). The summed E-state index contributed by atoms with van der Waals surface area (Å²) in [6.45, 7) is 4.84. The smallest absolute Gasteiger partial charge is 0.0546 e. The van der Waals surface area contributed by atoms with Crippen molar-refractivity contribution < 1.29 is 0 Å². The molecule has 2 aliphatic carbocycles. The third-order valence-corrected chi connectivity index (χ3v) is 10.2. The fourth-order valence-electron chi connectivity index (χ4n) is 8.06. The molecule has 6 aromatic rings. The first kappa shape index (κ1) is 27.0. The summed E-state index contributed by atoms with van der Waals surface area (Å²) >= 11 is 0. The van der Waals surface area contributed by atoms with E-state index in [2.05, 4.69) is 152 Å². The summed E-state index contributed by atoms with van der Waals surface area (Å²) in [4.78, 5) is 2.47. The van der Waals surface area contributed by atoms with Crippen LogP contribution in [0.3, 0.4) is 0 Å². The van der Waals surface area contributed by atoms with Crippen LogP contribution in [-0.2, 0) is 5.41 Å². The minimum atomic E-state index is -0.0701. The minimum absolute atomic E-state index is 0.0701. The van der Waals surface area contributed by atoms with E-state index in [1.165, 1.54) is 87.6 Å². The van der Waals surface area contributed by atoms with Gasteiger partial charge in [-0.3, -0.25) is 0 Å². The quantitative estimate of drug-likeness (QED) is 0.200. The lowest BCUT2D eigenvalue weighted by molar-refractivity contribution is 0.444. The number of benzene rings is 6. The summed E-state index contributed by atoms with van der Waals surface area (Å²) in [7, 11) is 0. The molecule has 0 amide bonds. The van der Waals surface area contributed by atoms with E-state index in [-0.39, 0.29) is 5.41 Å².